The van der Waals surface area contributed by atoms with Crippen LogP contribution in [0, 0.1) is 0 Å². The van der Waals surface area contributed by atoms with Crippen LogP contribution in [0.4, 0.5) is 11.4 Å². The molecule has 0 radical (unpaired) electrons. The van der Waals surface area contributed by atoms with E-state index in [-0.39, 0.29) is 5.54 Å². The van der Waals surface area contributed by atoms with Crippen molar-refractivity contribution in [3.8, 4) is 0 Å². The van der Waals surface area contributed by atoms with E-state index in [2.05, 4.69) is 21.6 Å². The summed E-state index contributed by atoms with van der Waals surface area (Å²) >= 11 is 19.1. The molecule has 0 aromatic heterocycles. The van der Waals surface area contributed by atoms with E-state index in [0.29, 0.717) is 35.8 Å². The third kappa shape index (κ3) is 4.14. The minimum atomic E-state index is -0.302. The minimum Gasteiger partial charge on any atom is -0.381 e. The summed E-state index contributed by atoms with van der Waals surface area (Å²) < 4.78 is 5.72. The van der Waals surface area contributed by atoms with Crippen LogP contribution in [0.25, 0.3) is 0 Å². The van der Waals surface area contributed by atoms with Crippen LogP contribution < -0.4 is 15.5 Å². The predicted molar refractivity (Wildman–Crippen MR) is 129 cm³/mol. The van der Waals surface area contributed by atoms with Crippen LogP contribution in [-0.4, -0.2) is 43.7 Å². The van der Waals surface area contributed by atoms with E-state index < -0.39 is 0 Å². The predicted octanol–water partition coefficient (Wildman–Crippen LogP) is 5.39. The number of anilines is 2. The Morgan fingerprint density at radius 3 is 2.65 bits per heavy atom. The van der Waals surface area contributed by atoms with Crippen molar-refractivity contribution in [1.82, 2.24) is 5.32 Å². The first kappa shape index (κ1) is 21.4. The largest absolute Gasteiger partial charge is 0.381 e. The van der Waals surface area contributed by atoms with Crippen molar-refractivity contribution in [2.45, 2.75) is 37.4 Å². The summed E-state index contributed by atoms with van der Waals surface area (Å²) in [4.78, 5) is 7.60. The maximum absolute atomic E-state index is 6.46. The van der Waals surface area contributed by atoms with E-state index in [1.165, 1.54) is 0 Å². The highest BCUT2D eigenvalue weighted by molar-refractivity contribution is 6.42. The normalized spacial score (nSPS) is 23.8. The molecule has 5 rings (SSSR count). The molecule has 1 spiro atoms. The molecule has 3 aliphatic heterocycles. The van der Waals surface area contributed by atoms with Crippen molar-refractivity contribution in [2.75, 3.05) is 36.5 Å². The van der Waals surface area contributed by atoms with Gasteiger partial charge in [-0.05, 0) is 42.8 Å². The number of fused-ring (bicyclic) bond motifs is 1. The van der Waals surface area contributed by atoms with Crippen LogP contribution in [0.2, 0.25) is 15.1 Å². The van der Waals surface area contributed by atoms with Gasteiger partial charge in [0, 0.05) is 43.7 Å². The quantitative estimate of drug-likeness (QED) is 0.620. The second kappa shape index (κ2) is 8.80. The fraction of sp³-hybridized carbons (Fsp3) is 0.435. The first-order valence-electron chi connectivity index (χ1n) is 10.7. The SMILES string of the molecule is Clc1cccc(C/N=C2/N(C3CCNC3)c3cc(Cl)c(Cl)cc3NC23CCOCC3)c1. The summed E-state index contributed by atoms with van der Waals surface area (Å²) in [7, 11) is 0. The molecule has 8 heteroatoms. The first-order valence-corrected chi connectivity index (χ1v) is 11.8. The lowest BCUT2D eigenvalue weighted by molar-refractivity contribution is 0.0772. The van der Waals surface area contributed by atoms with Crippen molar-refractivity contribution >= 4 is 52.0 Å². The molecule has 2 N–H and O–H groups in total. The second-order valence-electron chi connectivity index (χ2n) is 8.39. The van der Waals surface area contributed by atoms with Gasteiger partial charge in [-0.25, -0.2) is 0 Å². The van der Waals surface area contributed by atoms with E-state index >= 15 is 0 Å². The Bertz CT molecular complexity index is 1000. The highest BCUT2D eigenvalue weighted by Crippen LogP contribution is 2.45. The van der Waals surface area contributed by atoms with Crippen LogP contribution >= 0.6 is 34.8 Å². The van der Waals surface area contributed by atoms with E-state index in [1.54, 1.807) is 0 Å². The topological polar surface area (TPSA) is 48.9 Å². The molecule has 0 saturated carbocycles. The molecule has 0 amide bonds. The van der Waals surface area contributed by atoms with Gasteiger partial charge in [0.05, 0.1) is 33.5 Å². The van der Waals surface area contributed by atoms with Crippen molar-refractivity contribution in [3.05, 3.63) is 57.0 Å². The molecule has 0 bridgehead atoms. The van der Waals surface area contributed by atoms with E-state index in [0.717, 1.165) is 60.1 Å². The summed E-state index contributed by atoms with van der Waals surface area (Å²) in [5, 5.41) is 9.12. The molecule has 31 heavy (non-hydrogen) atoms. The van der Waals surface area contributed by atoms with Crippen molar-refractivity contribution in [2.24, 2.45) is 4.99 Å². The molecule has 2 aromatic rings. The van der Waals surface area contributed by atoms with Crippen molar-refractivity contribution in [3.63, 3.8) is 0 Å². The Labute approximate surface area is 197 Å². The maximum atomic E-state index is 6.46. The number of amidine groups is 1. The summed E-state index contributed by atoms with van der Waals surface area (Å²) in [6.45, 7) is 3.84. The molecule has 0 aliphatic carbocycles. The monoisotopic (exact) mass is 478 g/mol. The Morgan fingerprint density at radius 1 is 1.10 bits per heavy atom. The van der Waals surface area contributed by atoms with Gasteiger partial charge in [0.2, 0.25) is 0 Å². The number of aliphatic imine (C=N–C) groups is 1. The summed E-state index contributed by atoms with van der Waals surface area (Å²) in [5.41, 5.74) is 2.82. The molecule has 2 saturated heterocycles. The molecule has 5 nitrogen and oxygen atoms in total. The highest BCUT2D eigenvalue weighted by Gasteiger charge is 2.47. The van der Waals surface area contributed by atoms with Crippen molar-refractivity contribution < 1.29 is 4.74 Å². The van der Waals surface area contributed by atoms with Gasteiger partial charge in [-0.3, -0.25) is 4.99 Å². The number of halogens is 3. The molecule has 1 atom stereocenters. The van der Waals surface area contributed by atoms with Crippen LogP contribution in [0.1, 0.15) is 24.8 Å². The van der Waals surface area contributed by atoms with Crippen LogP contribution in [0.5, 0.6) is 0 Å². The van der Waals surface area contributed by atoms with Crippen LogP contribution in [0.15, 0.2) is 41.4 Å². The molecular weight excluding hydrogens is 455 g/mol. The molecule has 2 aromatic carbocycles. The van der Waals surface area contributed by atoms with Gasteiger partial charge in [-0.2, -0.15) is 0 Å². The number of benzene rings is 2. The van der Waals surface area contributed by atoms with E-state index in [1.807, 2.05) is 30.3 Å². The fourth-order valence-corrected chi connectivity index (χ4v) is 5.36. The van der Waals surface area contributed by atoms with E-state index in [4.69, 9.17) is 44.5 Å². The maximum Gasteiger partial charge on any atom is 0.130 e. The van der Waals surface area contributed by atoms with Crippen LogP contribution in [0.3, 0.4) is 0 Å². The second-order valence-corrected chi connectivity index (χ2v) is 9.64. The zero-order valence-corrected chi connectivity index (χ0v) is 19.4. The summed E-state index contributed by atoms with van der Waals surface area (Å²) in [5.74, 6) is 1.05. The molecule has 3 aliphatic rings. The zero-order chi connectivity index (χ0) is 21.4. The summed E-state index contributed by atoms with van der Waals surface area (Å²) in [6, 6.07) is 12.1. The van der Waals surface area contributed by atoms with Gasteiger partial charge >= 0.3 is 0 Å². The lowest BCUT2D eigenvalue weighted by Crippen LogP contribution is -2.62. The molecular formula is C23H25Cl3N4O. The Morgan fingerprint density at radius 2 is 1.90 bits per heavy atom. The van der Waals surface area contributed by atoms with Crippen LogP contribution in [-0.2, 0) is 11.3 Å². The zero-order valence-electron chi connectivity index (χ0n) is 17.1. The lowest BCUT2D eigenvalue weighted by Gasteiger charge is -2.50. The number of hydrogen-bond donors (Lipinski definition) is 2. The van der Waals surface area contributed by atoms with Gasteiger partial charge in [0.15, 0.2) is 0 Å². The smallest absolute Gasteiger partial charge is 0.130 e. The summed E-state index contributed by atoms with van der Waals surface area (Å²) in [6.07, 6.45) is 2.73. The lowest BCUT2D eigenvalue weighted by atomic mass is 9.84. The fourth-order valence-electron chi connectivity index (χ4n) is 4.82. The number of nitrogens with zero attached hydrogens (tertiary/aromatic N) is 2. The average Bonchev–Trinajstić information content (AvgIpc) is 3.29. The number of nitrogens with one attached hydrogen (secondary N) is 2. The van der Waals surface area contributed by atoms with Gasteiger partial charge < -0.3 is 20.3 Å². The first-order chi connectivity index (χ1) is 15.1. The van der Waals surface area contributed by atoms with Gasteiger partial charge in [-0.15, -0.1) is 0 Å². The molecule has 3 heterocycles. The number of rotatable bonds is 3. The standard InChI is InChI=1S/C23H25Cl3N4O/c24-16-3-1-2-15(10-16)13-28-22-23(5-8-31-9-6-23)29-20-11-18(25)19(26)12-21(20)30(22)17-4-7-27-14-17/h1-3,10-12,17,27,29H,4-9,13-14H2/b28-22+. The molecule has 2 fully saturated rings. The Kier molecular flexibility index (Phi) is 6.06. The molecule has 164 valence electrons. The van der Waals surface area contributed by atoms with Crippen molar-refractivity contribution in [1.29, 1.82) is 0 Å². The minimum absolute atomic E-state index is 0.302. The number of ether oxygens (including phenoxy) is 1. The van der Waals surface area contributed by atoms with Gasteiger partial charge in [-0.1, -0.05) is 46.9 Å². The van der Waals surface area contributed by atoms with Gasteiger partial charge in [0.1, 0.15) is 5.84 Å². The Hall–Kier alpha value is -1.50. The van der Waals surface area contributed by atoms with Gasteiger partial charge in [0.25, 0.3) is 0 Å². The highest BCUT2D eigenvalue weighted by atomic mass is 35.5. The number of hydrogen-bond acceptors (Lipinski definition) is 4. The third-order valence-electron chi connectivity index (χ3n) is 6.37. The Balaban J connectivity index is 1.63. The third-order valence-corrected chi connectivity index (χ3v) is 7.33. The molecule has 1 unspecified atom stereocenters. The van der Waals surface area contributed by atoms with E-state index in [9.17, 15) is 0 Å². The average molecular weight is 480 g/mol.